The molecule has 3 nitrogen and oxygen atoms in total. The first kappa shape index (κ1) is 10.8. The number of anilines is 2. The maximum atomic E-state index is 4.59. The molecule has 0 bridgehead atoms. The van der Waals surface area contributed by atoms with E-state index < -0.39 is 0 Å². The van der Waals surface area contributed by atoms with Gasteiger partial charge in [0.1, 0.15) is 0 Å². The van der Waals surface area contributed by atoms with Gasteiger partial charge in [-0.25, -0.2) is 4.98 Å². The lowest BCUT2D eigenvalue weighted by Gasteiger charge is -2.30. The van der Waals surface area contributed by atoms with Gasteiger partial charge in [-0.3, -0.25) is 0 Å². The van der Waals surface area contributed by atoms with Gasteiger partial charge >= 0.3 is 0 Å². The van der Waals surface area contributed by atoms with E-state index in [1.54, 1.807) is 11.3 Å². The van der Waals surface area contributed by atoms with E-state index in [1.165, 1.54) is 35.3 Å². The third-order valence-electron chi connectivity index (χ3n) is 3.40. The standard InChI is InChI=1S/C13H17N3S/c1-3-16-6-4-5-9-7-12-10(8-11(9)16)15-13(14-2)17-12/h7-8H,3-6H2,1-2H3,(H,14,15). The van der Waals surface area contributed by atoms with Crippen LogP contribution >= 0.6 is 11.3 Å². The van der Waals surface area contributed by atoms with E-state index in [2.05, 4.69) is 34.3 Å². The van der Waals surface area contributed by atoms with Gasteiger partial charge in [0, 0.05) is 25.8 Å². The second-order valence-corrected chi connectivity index (χ2v) is 5.43. The van der Waals surface area contributed by atoms with Crippen LogP contribution in [0.2, 0.25) is 0 Å². The van der Waals surface area contributed by atoms with Gasteiger partial charge in [0.2, 0.25) is 0 Å². The molecule has 0 fully saturated rings. The van der Waals surface area contributed by atoms with Crippen LogP contribution in [0.5, 0.6) is 0 Å². The Balaban J connectivity index is 2.15. The van der Waals surface area contributed by atoms with Crippen LogP contribution in [0.1, 0.15) is 18.9 Å². The highest BCUT2D eigenvalue weighted by Crippen LogP contribution is 2.34. The van der Waals surface area contributed by atoms with E-state index in [0.717, 1.165) is 17.2 Å². The summed E-state index contributed by atoms with van der Waals surface area (Å²) in [5.41, 5.74) is 3.99. The van der Waals surface area contributed by atoms with Gasteiger partial charge in [-0.15, -0.1) is 0 Å². The summed E-state index contributed by atoms with van der Waals surface area (Å²) in [7, 11) is 1.93. The average molecular weight is 247 g/mol. The first-order valence-electron chi connectivity index (χ1n) is 6.18. The highest BCUT2D eigenvalue weighted by Gasteiger charge is 2.17. The van der Waals surface area contributed by atoms with Crippen LogP contribution in [0.25, 0.3) is 10.2 Å². The Labute approximate surface area is 105 Å². The molecule has 0 saturated heterocycles. The summed E-state index contributed by atoms with van der Waals surface area (Å²) < 4.78 is 1.30. The quantitative estimate of drug-likeness (QED) is 0.884. The van der Waals surface area contributed by atoms with Crippen LogP contribution in [-0.2, 0) is 6.42 Å². The Hall–Kier alpha value is -1.29. The van der Waals surface area contributed by atoms with Gasteiger partial charge in [-0.2, -0.15) is 0 Å². The van der Waals surface area contributed by atoms with Crippen LogP contribution in [-0.4, -0.2) is 25.1 Å². The fourth-order valence-corrected chi connectivity index (χ4v) is 3.38. The van der Waals surface area contributed by atoms with Gasteiger partial charge in [0.05, 0.1) is 10.2 Å². The summed E-state index contributed by atoms with van der Waals surface area (Å²) in [4.78, 5) is 7.04. The Kier molecular flexibility index (Phi) is 2.67. The van der Waals surface area contributed by atoms with Crippen molar-refractivity contribution in [1.29, 1.82) is 0 Å². The van der Waals surface area contributed by atoms with E-state index in [-0.39, 0.29) is 0 Å². The van der Waals surface area contributed by atoms with Crippen molar-refractivity contribution in [3.05, 3.63) is 17.7 Å². The molecule has 2 aromatic rings. The summed E-state index contributed by atoms with van der Waals surface area (Å²) in [5, 5.41) is 4.13. The molecule has 0 saturated carbocycles. The average Bonchev–Trinajstić information content (AvgIpc) is 2.77. The molecule has 90 valence electrons. The second-order valence-electron chi connectivity index (χ2n) is 4.40. The van der Waals surface area contributed by atoms with E-state index >= 15 is 0 Å². The lowest BCUT2D eigenvalue weighted by atomic mass is 10.0. The minimum Gasteiger partial charge on any atom is -0.372 e. The molecule has 0 aliphatic carbocycles. The molecular weight excluding hydrogens is 230 g/mol. The SMILES string of the molecule is CCN1CCCc2cc3sc(NC)nc3cc21. The van der Waals surface area contributed by atoms with Crippen molar-refractivity contribution in [3.8, 4) is 0 Å². The summed E-state index contributed by atoms with van der Waals surface area (Å²) >= 11 is 1.74. The van der Waals surface area contributed by atoms with Crippen molar-refractivity contribution in [1.82, 2.24) is 4.98 Å². The van der Waals surface area contributed by atoms with Crippen molar-refractivity contribution in [2.45, 2.75) is 19.8 Å². The maximum Gasteiger partial charge on any atom is 0.183 e. The highest BCUT2D eigenvalue weighted by molar-refractivity contribution is 7.22. The Morgan fingerprint density at radius 3 is 3.12 bits per heavy atom. The maximum absolute atomic E-state index is 4.59. The third-order valence-corrected chi connectivity index (χ3v) is 4.43. The van der Waals surface area contributed by atoms with E-state index in [9.17, 15) is 0 Å². The zero-order valence-corrected chi connectivity index (χ0v) is 11.1. The number of nitrogens with zero attached hydrogens (tertiary/aromatic N) is 2. The molecule has 2 heterocycles. The van der Waals surface area contributed by atoms with Crippen molar-refractivity contribution >= 4 is 32.4 Å². The molecule has 0 unspecified atom stereocenters. The molecule has 0 spiro atoms. The smallest absolute Gasteiger partial charge is 0.183 e. The topological polar surface area (TPSA) is 28.2 Å². The van der Waals surface area contributed by atoms with Crippen LogP contribution < -0.4 is 10.2 Å². The summed E-state index contributed by atoms with van der Waals surface area (Å²) in [6.07, 6.45) is 2.47. The number of nitrogens with one attached hydrogen (secondary N) is 1. The Morgan fingerprint density at radius 2 is 2.35 bits per heavy atom. The van der Waals surface area contributed by atoms with Gasteiger partial charge < -0.3 is 10.2 Å². The normalized spacial score (nSPS) is 15.1. The molecule has 17 heavy (non-hydrogen) atoms. The number of rotatable bonds is 2. The molecule has 1 aromatic carbocycles. The van der Waals surface area contributed by atoms with E-state index in [1.807, 2.05) is 7.05 Å². The predicted molar refractivity (Wildman–Crippen MR) is 75.4 cm³/mol. The number of aromatic nitrogens is 1. The summed E-state index contributed by atoms with van der Waals surface area (Å²) in [6.45, 7) is 4.49. The van der Waals surface area contributed by atoms with Crippen molar-refractivity contribution in [2.24, 2.45) is 0 Å². The number of thiazole rings is 1. The zero-order chi connectivity index (χ0) is 11.8. The monoisotopic (exact) mass is 247 g/mol. The van der Waals surface area contributed by atoms with Gasteiger partial charge in [-0.05, 0) is 37.5 Å². The van der Waals surface area contributed by atoms with Crippen molar-refractivity contribution < 1.29 is 0 Å². The summed E-state index contributed by atoms with van der Waals surface area (Å²) in [5.74, 6) is 0. The van der Waals surface area contributed by atoms with Crippen molar-refractivity contribution in [3.63, 3.8) is 0 Å². The molecule has 1 aliphatic rings. The first-order chi connectivity index (χ1) is 8.31. The second kappa shape index (κ2) is 4.18. The fourth-order valence-electron chi connectivity index (χ4n) is 2.52. The molecule has 1 aromatic heterocycles. The van der Waals surface area contributed by atoms with E-state index in [4.69, 9.17) is 0 Å². The number of benzene rings is 1. The lowest BCUT2D eigenvalue weighted by Crippen LogP contribution is -2.28. The lowest BCUT2D eigenvalue weighted by molar-refractivity contribution is 0.709. The number of fused-ring (bicyclic) bond motifs is 2. The third kappa shape index (κ3) is 1.76. The van der Waals surface area contributed by atoms with Gasteiger partial charge in [-0.1, -0.05) is 11.3 Å². The molecular formula is C13H17N3S. The van der Waals surface area contributed by atoms with Crippen LogP contribution in [0.4, 0.5) is 10.8 Å². The molecule has 3 rings (SSSR count). The van der Waals surface area contributed by atoms with Crippen LogP contribution in [0.3, 0.4) is 0 Å². The van der Waals surface area contributed by atoms with Crippen LogP contribution in [0, 0.1) is 0 Å². The molecule has 0 atom stereocenters. The van der Waals surface area contributed by atoms with Crippen LogP contribution in [0.15, 0.2) is 12.1 Å². The largest absolute Gasteiger partial charge is 0.372 e. The van der Waals surface area contributed by atoms with Crippen molar-refractivity contribution in [2.75, 3.05) is 30.4 Å². The zero-order valence-electron chi connectivity index (χ0n) is 10.3. The predicted octanol–water partition coefficient (Wildman–Crippen LogP) is 3.11. The molecule has 1 aliphatic heterocycles. The molecule has 1 N–H and O–H groups in total. The Bertz CT molecular complexity index is 547. The molecule has 0 radical (unpaired) electrons. The number of hydrogen-bond donors (Lipinski definition) is 1. The highest BCUT2D eigenvalue weighted by atomic mass is 32.1. The minimum absolute atomic E-state index is 1.00. The number of hydrogen-bond acceptors (Lipinski definition) is 4. The fraction of sp³-hybridized carbons (Fsp3) is 0.462. The van der Waals surface area contributed by atoms with E-state index in [0.29, 0.717) is 0 Å². The first-order valence-corrected chi connectivity index (χ1v) is 6.99. The number of aryl methyl sites for hydroxylation is 1. The summed E-state index contributed by atoms with van der Waals surface area (Å²) in [6, 6.07) is 4.58. The molecule has 0 amide bonds. The van der Waals surface area contributed by atoms with Gasteiger partial charge in [0.15, 0.2) is 5.13 Å². The Morgan fingerprint density at radius 1 is 1.47 bits per heavy atom. The molecule has 4 heteroatoms. The van der Waals surface area contributed by atoms with Gasteiger partial charge in [0.25, 0.3) is 0 Å². The minimum atomic E-state index is 1.00.